The smallest absolute Gasteiger partial charge is 0.302 e. The van der Waals surface area contributed by atoms with Crippen LogP contribution in [0.3, 0.4) is 0 Å². The molecule has 0 radical (unpaired) electrons. The first-order valence-electron chi connectivity index (χ1n) is 10.7. The Balaban J connectivity index is 2.47. The second-order valence-electron chi connectivity index (χ2n) is 8.59. The quantitative estimate of drug-likeness (QED) is 0.431. The summed E-state index contributed by atoms with van der Waals surface area (Å²) in [5, 5.41) is 0. The molecule has 0 saturated carbocycles. The number of hydrogen-bond acceptors (Lipinski definition) is 5. The molecule has 0 spiro atoms. The van der Waals surface area contributed by atoms with Gasteiger partial charge in [0.1, 0.15) is 6.10 Å². The molecule has 1 heterocycles. The Labute approximate surface area is 176 Å². The van der Waals surface area contributed by atoms with Gasteiger partial charge in [-0.05, 0) is 51.5 Å². The number of fused-ring (bicyclic) bond motifs is 1. The van der Waals surface area contributed by atoms with Crippen LogP contribution in [0.5, 0.6) is 0 Å². The topological polar surface area (TPSA) is 54.0 Å². The van der Waals surface area contributed by atoms with E-state index in [0.29, 0.717) is 5.92 Å². The molecule has 0 N–H and O–H groups in total. The fraction of sp³-hybridized carbons (Fsp3) is 0.708. The van der Waals surface area contributed by atoms with E-state index in [-0.39, 0.29) is 23.9 Å². The van der Waals surface area contributed by atoms with Crippen LogP contribution in [0.15, 0.2) is 34.9 Å². The molecule has 0 aromatic carbocycles. The first-order chi connectivity index (χ1) is 13.8. The van der Waals surface area contributed by atoms with E-state index in [1.807, 2.05) is 0 Å². The number of allylic oxidation sites excluding steroid dienone is 4. The summed E-state index contributed by atoms with van der Waals surface area (Å²) < 4.78 is 23.4. The van der Waals surface area contributed by atoms with Crippen LogP contribution in [0.4, 0.5) is 0 Å². The van der Waals surface area contributed by atoms with Gasteiger partial charge in [0.2, 0.25) is 0 Å². The molecule has 6 atom stereocenters. The maximum atomic E-state index is 12.0. The van der Waals surface area contributed by atoms with Crippen LogP contribution in [0.2, 0.25) is 0 Å². The SMILES string of the molecule is CO[C@@H]1O[C@@H](OC)[C@H]2/C1=C\C/C=C(\C)C[C@H](OC(C)=O)[C@@H]2[C@@H](C)CCC=C(C)C. The van der Waals surface area contributed by atoms with Crippen molar-refractivity contribution >= 4 is 5.97 Å². The number of carbonyl (C=O) groups excluding carboxylic acids is 1. The maximum Gasteiger partial charge on any atom is 0.302 e. The zero-order valence-corrected chi connectivity index (χ0v) is 19.1. The van der Waals surface area contributed by atoms with Crippen molar-refractivity contribution in [2.24, 2.45) is 17.8 Å². The van der Waals surface area contributed by atoms with Crippen LogP contribution >= 0.6 is 0 Å². The second-order valence-corrected chi connectivity index (χ2v) is 8.59. The van der Waals surface area contributed by atoms with Gasteiger partial charge in [0.25, 0.3) is 0 Å². The largest absolute Gasteiger partial charge is 0.462 e. The lowest BCUT2D eigenvalue weighted by atomic mass is 9.72. The van der Waals surface area contributed by atoms with E-state index in [4.69, 9.17) is 18.9 Å². The Morgan fingerprint density at radius 2 is 1.97 bits per heavy atom. The van der Waals surface area contributed by atoms with E-state index in [9.17, 15) is 4.79 Å². The molecule has 0 aromatic rings. The van der Waals surface area contributed by atoms with Gasteiger partial charge in [0, 0.05) is 39.4 Å². The zero-order valence-electron chi connectivity index (χ0n) is 19.1. The zero-order chi connectivity index (χ0) is 21.6. The van der Waals surface area contributed by atoms with Gasteiger partial charge >= 0.3 is 5.97 Å². The Bertz CT molecular complexity index is 644. The van der Waals surface area contributed by atoms with Gasteiger partial charge in [-0.2, -0.15) is 0 Å². The highest BCUT2D eigenvalue weighted by Gasteiger charge is 2.49. The summed E-state index contributed by atoms with van der Waals surface area (Å²) in [4.78, 5) is 12.0. The van der Waals surface area contributed by atoms with Gasteiger partial charge in [-0.15, -0.1) is 0 Å². The molecule has 1 aliphatic heterocycles. The molecule has 0 aromatic heterocycles. The fourth-order valence-corrected chi connectivity index (χ4v) is 4.67. The van der Waals surface area contributed by atoms with Crippen LogP contribution in [0.25, 0.3) is 0 Å². The minimum atomic E-state index is -0.429. The molecule has 2 rings (SSSR count). The van der Waals surface area contributed by atoms with E-state index in [0.717, 1.165) is 31.3 Å². The van der Waals surface area contributed by atoms with Crippen LogP contribution in [0, 0.1) is 17.8 Å². The highest BCUT2D eigenvalue weighted by molar-refractivity contribution is 5.66. The van der Waals surface area contributed by atoms with E-state index in [1.165, 1.54) is 18.1 Å². The third kappa shape index (κ3) is 6.27. The maximum absolute atomic E-state index is 12.0. The molecule has 1 fully saturated rings. The average molecular weight is 407 g/mol. The molecular formula is C24H38O5. The molecule has 29 heavy (non-hydrogen) atoms. The highest BCUT2D eigenvalue weighted by Crippen LogP contribution is 2.46. The summed E-state index contributed by atoms with van der Waals surface area (Å²) in [6.07, 6.45) is 9.14. The standard InChI is InChI=1S/C24H38O5/c1-15(2)10-8-12-17(4)21-20(28-18(5)25)14-16(3)11-9-13-19-22(21)24(27-7)29-23(19)26-6/h10-11,13,17,20-24H,8-9,12,14H2,1-7H3/b16-11+,19-13+/t17-,20-,21-,22-,23+,24+/m0/s1. The van der Waals surface area contributed by atoms with E-state index in [1.54, 1.807) is 14.2 Å². The molecule has 0 amide bonds. The Morgan fingerprint density at radius 3 is 2.55 bits per heavy atom. The Morgan fingerprint density at radius 1 is 1.24 bits per heavy atom. The lowest BCUT2D eigenvalue weighted by molar-refractivity contribution is -0.199. The summed E-state index contributed by atoms with van der Waals surface area (Å²) in [5.74, 6) is 0.119. The summed E-state index contributed by atoms with van der Waals surface area (Å²) in [5.41, 5.74) is 3.65. The molecule has 1 saturated heterocycles. The number of methoxy groups -OCH3 is 2. The minimum Gasteiger partial charge on any atom is -0.462 e. The van der Waals surface area contributed by atoms with Crippen LogP contribution in [-0.2, 0) is 23.7 Å². The van der Waals surface area contributed by atoms with Crippen molar-refractivity contribution in [3.8, 4) is 0 Å². The predicted octanol–water partition coefficient (Wildman–Crippen LogP) is 5.17. The van der Waals surface area contributed by atoms with Gasteiger partial charge in [0.15, 0.2) is 12.6 Å². The minimum absolute atomic E-state index is 0.0182. The number of carbonyl (C=O) groups is 1. The molecule has 1 aliphatic carbocycles. The lowest BCUT2D eigenvalue weighted by Gasteiger charge is -2.37. The van der Waals surface area contributed by atoms with Crippen molar-refractivity contribution in [3.63, 3.8) is 0 Å². The Hall–Kier alpha value is -1.43. The average Bonchev–Trinajstić information content (AvgIpc) is 3.00. The first kappa shape index (κ1) is 23.8. The fourth-order valence-electron chi connectivity index (χ4n) is 4.67. The molecule has 0 bridgehead atoms. The molecule has 0 unspecified atom stereocenters. The summed E-state index contributed by atoms with van der Waals surface area (Å²) >= 11 is 0. The molecule has 2 aliphatic rings. The molecular weight excluding hydrogens is 368 g/mol. The van der Waals surface area contributed by atoms with Gasteiger partial charge in [-0.1, -0.05) is 36.3 Å². The second kappa shape index (κ2) is 11.1. The van der Waals surface area contributed by atoms with Crippen molar-refractivity contribution in [1.29, 1.82) is 0 Å². The van der Waals surface area contributed by atoms with Crippen molar-refractivity contribution in [3.05, 3.63) is 34.9 Å². The van der Waals surface area contributed by atoms with Gasteiger partial charge in [0.05, 0.1) is 0 Å². The molecule has 164 valence electrons. The molecule has 5 nitrogen and oxygen atoms in total. The predicted molar refractivity (Wildman–Crippen MR) is 114 cm³/mol. The normalized spacial score (nSPS) is 34.4. The number of ether oxygens (including phenoxy) is 4. The summed E-state index contributed by atoms with van der Waals surface area (Å²) in [7, 11) is 3.33. The summed E-state index contributed by atoms with van der Waals surface area (Å²) in [6, 6.07) is 0. The van der Waals surface area contributed by atoms with Crippen LogP contribution < -0.4 is 0 Å². The van der Waals surface area contributed by atoms with Gasteiger partial charge in [-0.25, -0.2) is 0 Å². The van der Waals surface area contributed by atoms with Crippen molar-refractivity contribution in [1.82, 2.24) is 0 Å². The van der Waals surface area contributed by atoms with Crippen molar-refractivity contribution in [2.45, 2.75) is 79.0 Å². The Kier molecular flexibility index (Phi) is 9.12. The van der Waals surface area contributed by atoms with Crippen LogP contribution in [-0.4, -0.2) is 38.9 Å². The summed E-state index contributed by atoms with van der Waals surface area (Å²) in [6.45, 7) is 10.1. The first-order valence-corrected chi connectivity index (χ1v) is 10.7. The highest BCUT2D eigenvalue weighted by atomic mass is 16.8. The van der Waals surface area contributed by atoms with Gasteiger partial charge in [-0.3, -0.25) is 4.79 Å². The third-order valence-electron chi connectivity index (χ3n) is 5.99. The van der Waals surface area contributed by atoms with Gasteiger partial charge < -0.3 is 18.9 Å². The number of rotatable bonds is 7. The van der Waals surface area contributed by atoms with Crippen LogP contribution in [0.1, 0.15) is 60.3 Å². The van der Waals surface area contributed by atoms with E-state index < -0.39 is 12.6 Å². The van der Waals surface area contributed by atoms with Crippen molar-refractivity contribution < 1.29 is 23.7 Å². The van der Waals surface area contributed by atoms with E-state index in [2.05, 4.69) is 45.9 Å². The molecule has 5 heteroatoms. The number of esters is 1. The van der Waals surface area contributed by atoms with E-state index >= 15 is 0 Å². The number of hydrogen-bond donors (Lipinski definition) is 0. The lowest BCUT2D eigenvalue weighted by Crippen LogP contribution is -2.40. The third-order valence-corrected chi connectivity index (χ3v) is 5.99. The van der Waals surface area contributed by atoms with Crippen molar-refractivity contribution in [2.75, 3.05) is 14.2 Å². The monoisotopic (exact) mass is 406 g/mol.